The second kappa shape index (κ2) is 5.70. The number of nitrogens with zero attached hydrogens (tertiary/aromatic N) is 1. The summed E-state index contributed by atoms with van der Waals surface area (Å²) in [6.07, 6.45) is 3.27. The molecule has 0 aliphatic heterocycles. The quantitative estimate of drug-likeness (QED) is 0.808. The zero-order valence-corrected chi connectivity index (χ0v) is 9.93. The van der Waals surface area contributed by atoms with Crippen LogP contribution in [0.25, 0.3) is 0 Å². The third-order valence-corrected chi connectivity index (χ3v) is 2.80. The molecule has 0 fully saturated rings. The fraction of sp³-hybridized carbons (Fsp3) is 0.600. The maximum absolute atomic E-state index is 11.6. The molecule has 4 nitrogen and oxygen atoms in total. The molecule has 0 aromatic carbocycles. The van der Waals surface area contributed by atoms with E-state index in [0.717, 1.165) is 19.3 Å². The average Bonchev–Trinajstić information content (AvgIpc) is 2.61. The summed E-state index contributed by atoms with van der Waals surface area (Å²) in [5.74, 6) is -0.133. The van der Waals surface area contributed by atoms with E-state index in [1.165, 1.54) is 11.3 Å². The highest BCUT2D eigenvalue weighted by Gasteiger charge is 2.11. The predicted molar refractivity (Wildman–Crippen MR) is 63.0 cm³/mol. The summed E-state index contributed by atoms with van der Waals surface area (Å²) in [5, 5.41) is 5.00. The molecular formula is C10H17N3OS. The summed E-state index contributed by atoms with van der Waals surface area (Å²) in [6.45, 7) is 4.14. The van der Waals surface area contributed by atoms with Crippen LogP contribution in [0.5, 0.6) is 0 Å². The number of thiazole rings is 1. The first-order valence-electron chi connectivity index (χ1n) is 5.15. The van der Waals surface area contributed by atoms with Gasteiger partial charge in [0.2, 0.25) is 0 Å². The van der Waals surface area contributed by atoms with E-state index in [-0.39, 0.29) is 11.9 Å². The molecular weight excluding hydrogens is 210 g/mol. The number of carbonyl (C=O) groups excluding carboxylic acids is 1. The van der Waals surface area contributed by atoms with E-state index >= 15 is 0 Å². The fourth-order valence-electron chi connectivity index (χ4n) is 1.27. The highest BCUT2D eigenvalue weighted by atomic mass is 32.1. The van der Waals surface area contributed by atoms with Crippen molar-refractivity contribution in [1.29, 1.82) is 0 Å². The van der Waals surface area contributed by atoms with Crippen molar-refractivity contribution in [3.05, 3.63) is 11.1 Å². The van der Waals surface area contributed by atoms with E-state index in [4.69, 9.17) is 5.73 Å². The van der Waals surface area contributed by atoms with Gasteiger partial charge < -0.3 is 11.1 Å². The number of amides is 1. The van der Waals surface area contributed by atoms with Crippen LogP contribution in [-0.4, -0.2) is 16.9 Å². The van der Waals surface area contributed by atoms with Gasteiger partial charge in [0.1, 0.15) is 5.69 Å². The molecule has 0 spiro atoms. The molecule has 0 bridgehead atoms. The highest BCUT2D eigenvalue weighted by Crippen LogP contribution is 2.11. The van der Waals surface area contributed by atoms with Gasteiger partial charge >= 0.3 is 0 Å². The molecule has 1 amide bonds. The lowest BCUT2D eigenvalue weighted by atomic mass is 10.1. The van der Waals surface area contributed by atoms with Crippen LogP contribution < -0.4 is 11.1 Å². The van der Waals surface area contributed by atoms with E-state index in [0.29, 0.717) is 10.8 Å². The van der Waals surface area contributed by atoms with Gasteiger partial charge in [-0.15, -0.1) is 11.3 Å². The van der Waals surface area contributed by atoms with Gasteiger partial charge in [-0.25, -0.2) is 4.98 Å². The Hall–Kier alpha value is -1.10. The SMILES string of the molecule is CCCCC(C)NC(=O)c1csc(N)n1. The summed E-state index contributed by atoms with van der Waals surface area (Å²) in [6, 6.07) is 0.195. The topological polar surface area (TPSA) is 68.0 Å². The van der Waals surface area contributed by atoms with Gasteiger partial charge in [-0.3, -0.25) is 4.79 Å². The molecule has 1 heterocycles. The third kappa shape index (κ3) is 3.87. The van der Waals surface area contributed by atoms with Gasteiger partial charge in [-0.2, -0.15) is 0 Å². The molecule has 5 heteroatoms. The number of unbranched alkanes of at least 4 members (excludes halogenated alkanes) is 1. The maximum atomic E-state index is 11.6. The molecule has 0 saturated carbocycles. The highest BCUT2D eigenvalue weighted by molar-refractivity contribution is 7.13. The van der Waals surface area contributed by atoms with Crippen LogP contribution in [0.3, 0.4) is 0 Å². The van der Waals surface area contributed by atoms with Crippen molar-refractivity contribution in [3.8, 4) is 0 Å². The molecule has 0 radical (unpaired) electrons. The number of nitrogen functional groups attached to an aromatic ring is 1. The number of aromatic nitrogens is 1. The minimum Gasteiger partial charge on any atom is -0.375 e. The second-order valence-electron chi connectivity index (χ2n) is 3.59. The van der Waals surface area contributed by atoms with Crippen molar-refractivity contribution in [2.24, 2.45) is 0 Å². The normalized spacial score (nSPS) is 12.4. The lowest BCUT2D eigenvalue weighted by molar-refractivity contribution is 0.0933. The molecule has 0 aliphatic rings. The van der Waals surface area contributed by atoms with Crippen LogP contribution in [0.4, 0.5) is 5.13 Å². The number of nitrogens with one attached hydrogen (secondary N) is 1. The number of nitrogens with two attached hydrogens (primary N) is 1. The summed E-state index contributed by atoms with van der Waals surface area (Å²) in [4.78, 5) is 15.5. The first-order valence-corrected chi connectivity index (χ1v) is 6.03. The van der Waals surface area contributed by atoms with Gasteiger partial charge in [0, 0.05) is 11.4 Å². The Labute approximate surface area is 93.9 Å². The number of hydrogen-bond donors (Lipinski definition) is 2. The molecule has 3 N–H and O–H groups in total. The Balaban J connectivity index is 2.42. The summed E-state index contributed by atoms with van der Waals surface area (Å²) in [5.41, 5.74) is 5.87. The van der Waals surface area contributed by atoms with Crippen molar-refractivity contribution >= 4 is 22.4 Å². The Morgan fingerprint density at radius 2 is 2.47 bits per heavy atom. The van der Waals surface area contributed by atoms with Crippen LogP contribution in [-0.2, 0) is 0 Å². The van der Waals surface area contributed by atoms with Crippen LogP contribution in [0.15, 0.2) is 5.38 Å². The first-order chi connectivity index (χ1) is 7.13. The van der Waals surface area contributed by atoms with E-state index in [2.05, 4.69) is 17.2 Å². The van der Waals surface area contributed by atoms with Crippen molar-refractivity contribution in [2.45, 2.75) is 39.2 Å². The molecule has 1 rings (SSSR count). The minimum atomic E-state index is -0.133. The molecule has 15 heavy (non-hydrogen) atoms. The van der Waals surface area contributed by atoms with Gasteiger partial charge in [0.05, 0.1) is 0 Å². The van der Waals surface area contributed by atoms with Gasteiger partial charge in [-0.05, 0) is 13.3 Å². The zero-order valence-electron chi connectivity index (χ0n) is 9.12. The van der Waals surface area contributed by atoms with E-state index in [1.54, 1.807) is 5.38 Å². The molecule has 1 aromatic heterocycles. The Morgan fingerprint density at radius 3 is 3.00 bits per heavy atom. The van der Waals surface area contributed by atoms with Crippen LogP contribution >= 0.6 is 11.3 Å². The van der Waals surface area contributed by atoms with Crippen LogP contribution in [0.2, 0.25) is 0 Å². The maximum Gasteiger partial charge on any atom is 0.271 e. The standard InChI is InChI=1S/C10H17N3OS/c1-3-4-5-7(2)12-9(14)8-6-15-10(11)13-8/h6-7H,3-5H2,1-2H3,(H2,11,13)(H,12,14). The third-order valence-electron chi connectivity index (χ3n) is 2.12. The van der Waals surface area contributed by atoms with E-state index in [9.17, 15) is 4.79 Å². The van der Waals surface area contributed by atoms with Crippen LogP contribution in [0, 0.1) is 0 Å². The van der Waals surface area contributed by atoms with Crippen molar-refractivity contribution in [3.63, 3.8) is 0 Å². The second-order valence-corrected chi connectivity index (χ2v) is 4.48. The molecule has 84 valence electrons. The summed E-state index contributed by atoms with van der Waals surface area (Å²) in [7, 11) is 0. The number of hydrogen-bond acceptors (Lipinski definition) is 4. The molecule has 0 saturated heterocycles. The molecule has 1 unspecified atom stereocenters. The first kappa shape index (κ1) is 12.0. The monoisotopic (exact) mass is 227 g/mol. The van der Waals surface area contributed by atoms with Crippen molar-refractivity contribution in [1.82, 2.24) is 10.3 Å². The number of rotatable bonds is 5. The largest absolute Gasteiger partial charge is 0.375 e. The molecule has 0 aliphatic carbocycles. The predicted octanol–water partition coefficient (Wildman–Crippen LogP) is 2.03. The van der Waals surface area contributed by atoms with E-state index in [1.807, 2.05) is 6.92 Å². The lowest BCUT2D eigenvalue weighted by Crippen LogP contribution is -2.32. The number of carbonyl (C=O) groups is 1. The Morgan fingerprint density at radius 1 is 1.73 bits per heavy atom. The smallest absolute Gasteiger partial charge is 0.271 e. The lowest BCUT2D eigenvalue weighted by Gasteiger charge is -2.11. The fourth-order valence-corrected chi connectivity index (χ4v) is 1.82. The number of anilines is 1. The van der Waals surface area contributed by atoms with Crippen LogP contribution in [0.1, 0.15) is 43.6 Å². The summed E-state index contributed by atoms with van der Waals surface area (Å²) >= 11 is 1.28. The van der Waals surface area contributed by atoms with Crippen molar-refractivity contribution < 1.29 is 4.79 Å². The molecule has 1 atom stereocenters. The zero-order chi connectivity index (χ0) is 11.3. The summed E-state index contributed by atoms with van der Waals surface area (Å²) < 4.78 is 0. The van der Waals surface area contributed by atoms with Gasteiger partial charge in [-0.1, -0.05) is 19.8 Å². The minimum absolute atomic E-state index is 0.133. The Bertz CT molecular complexity index is 324. The van der Waals surface area contributed by atoms with Crippen molar-refractivity contribution in [2.75, 3.05) is 5.73 Å². The van der Waals surface area contributed by atoms with E-state index < -0.39 is 0 Å². The Kier molecular flexibility index (Phi) is 4.55. The average molecular weight is 227 g/mol. The van der Waals surface area contributed by atoms with Gasteiger partial charge in [0.25, 0.3) is 5.91 Å². The van der Waals surface area contributed by atoms with Gasteiger partial charge in [0.15, 0.2) is 5.13 Å². The molecule has 1 aromatic rings.